The predicted octanol–water partition coefficient (Wildman–Crippen LogP) is -0.319. The molecule has 0 unspecified atom stereocenters. The smallest absolute Gasteiger partial charge is 0.269 e. The number of hydrogen-bond donors (Lipinski definition) is 1. The van der Waals surface area contributed by atoms with Gasteiger partial charge in [-0.3, -0.25) is 4.79 Å². The number of aromatic nitrogens is 2. The molecule has 0 radical (unpaired) electrons. The lowest BCUT2D eigenvalue weighted by molar-refractivity contribution is 0.0957. The average molecular weight is 252 g/mol. The Balaban J connectivity index is 2.30. The maximum atomic E-state index is 11.6. The number of amides is 1. The number of nitrogens with zero attached hydrogens (tertiary/aromatic N) is 3. The van der Waals surface area contributed by atoms with E-state index in [1.54, 1.807) is 7.05 Å². The first-order chi connectivity index (χ1) is 8.74. The quantitative estimate of drug-likeness (QED) is 0.794. The summed E-state index contributed by atoms with van der Waals surface area (Å²) in [6.45, 7) is 2.69. The van der Waals surface area contributed by atoms with Gasteiger partial charge >= 0.3 is 0 Å². The summed E-state index contributed by atoms with van der Waals surface area (Å²) in [6.07, 6.45) is 0. The Morgan fingerprint density at radius 3 is 2.78 bits per heavy atom. The maximum Gasteiger partial charge on any atom is 0.269 e. The zero-order chi connectivity index (χ0) is 13.0. The van der Waals surface area contributed by atoms with Gasteiger partial charge < -0.3 is 19.7 Å². The van der Waals surface area contributed by atoms with Crippen LogP contribution in [0, 0.1) is 0 Å². The van der Waals surface area contributed by atoms with Crippen LogP contribution in [0.5, 0.6) is 5.88 Å². The molecule has 1 N–H and O–H groups in total. The first-order valence-electron chi connectivity index (χ1n) is 5.72. The molecule has 1 aliphatic heterocycles. The Morgan fingerprint density at radius 2 is 2.17 bits per heavy atom. The fourth-order valence-electron chi connectivity index (χ4n) is 1.67. The van der Waals surface area contributed by atoms with Gasteiger partial charge in [-0.25, -0.2) is 4.98 Å². The van der Waals surface area contributed by atoms with Crippen LogP contribution in [0.2, 0.25) is 0 Å². The van der Waals surface area contributed by atoms with Crippen molar-refractivity contribution in [2.45, 2.75) is 0 Å². The monoisotopic (exact) mass is 252 g/mol. The lowest BCUT2D eigenvalue weighted by atomic mass is 10.3. The van der Waals surface area contributed by atoms with E-state index >= 15 is 0 Å². The number of nitrogens with one attached hydrogen (secondary N) is 1. The SMILES string of the molecule is CNC(=O)c1cc(OC)nc(N2CCOCC2)n1. The highest BCUT2D eigenvalue weighted by molar-refractivity contribution is 5.92. The van der Waals surface area contributed by atoms with Crippen LogP contribution in [-0.2, 0) is 4.74 Å². The molecule has 0 aromatic carbocycles. The molecule has 1 aromatic heterocycles. The number of carbonyl (C=O) groups excluding carboxylic acids is 1. The molecule has 0 atom stereocenters. The molecular formula is C11H16N4O3. The van der Waals surface area contributed by atoms with Gasteiger partial charge in [0.15, 0.2) is 0 Å². The van der Waals surface area contributed by atoms with Crippen molar-refractivity contribution in [2.75, 3.05) is 45.4 Å². The second kappa shape index (κ2) is 5.63. The van der Waals surface area contributed by atoms with E-state index in [1.807, 2.05) is 4.90 Å². The predicted molar refractivity (Wildman–Crippen MR) is 65.0 cm³/mol. The molecule has 0 aliphatic carbocycles. The molecule has 0 saturated carbocycles. The van der Waals surface area contributed by atoms with Crippen molar-refractivity contribution >= 4 is 11.9 Å². The number of ether oxygens (including phenoxy) is 2. The van der Waals surface area contributed by atoms with Crippen LogP contribution in [-0.4, -0.2) is 56.3 Å². The lowest BCUT2D eigenvalue weighted by Crippen LogP contribution is -2.37. The number of methoxy groups -OCH3 is 1. The minimum Gasteiger partial charge on any atom is -0.481 e. The molecule has 2 rings (SSSR count). The molecule has 1 fully saturated rings. The van der Waals surface area contributed by atoms with Gasteiger partial charge in [-0.05, 0) is 0 Å². The summed E-state index contributed by atoms with van der Waals surface area (Å²) in [4.78, 5) is 22.1. The van der Waals surface area contributed by atoms with Gasteiger partial charge in [-0.15, -0.1) is 0 Å². The number of hydrogen-bond acceptors (Lipinski definition) is 6. The van der Waals surface area contributed by atoms with Crippen LogP contribution in [0.1, 0.15) is 10.5 Å². The van der Waals surface area contributed by atoms with E-state index in [9.17, 15) is 4.79 Å². The van der Waals surface area contributed by atoms with Crippen molar-refractivity contribution < 1.29 is 14.3 Å². The van der Waals surface area contributed by atoms with E-state index in [4.69, 9.17) is 9.47 Å². The second-order valence-electron chi connectivity index (χ2n) is 3.77. The topological polar surface area (TPSA) is 76.6 Å². The molecule has 1 saturated heterocycles. The van der Waals surface area contributed by atoms with Crippen molar-refractivity contribution in [3.05, 3.63) is 11.8 Å². The summed E-state index contributed by atoms with van der Waals surface area (Å²) in [6, 6.07) is 1.52. The van der Waals surface area contributed by atoms with E-state index in [2.05, 4.69) is 15.3 Å². The number of anilines is 1. The zero-order valence-corrected chi connectivity index (χ0v) is 10.5. The van der Waals surface area contributed by atoms with Gasteiger partial charge in [-0.2, -0.15) is 4.98 Å². The molecule has 2 heterocycles. The molecule has 0 spiro atoms. The lowest BCUT2D eigenvalue weighted by Gasteiger charge is -2.27. The Bertz CT molecular complexity index is 432. The standard InChI is InChI=1S/C11H16N4O3/c1-12-10(16)8-7-9(17-2)14-11(13-8)15-3-5-18-6-4-15/h7H,3-6H2,1-2H3,(H,12,16). The fourth-order valence-corrected chi connectivity index (χ4v) is 1.67. The van der Waals surface area contributed by atoms with E-state index in [-0.39, 0.29) is 5.91 Å². The molecule has 7 heteroatoms. The summed E-state index contributed by atoms with van der Waals surface area (Å²) in [5.41, 5.74) is 0.297. The summed E-state index contributed by atoms with van der Waals surface area (Å²) in [5.74, 6) is 0.617. The highest BCUT2D eigenvalue weighted by Gasteiger charge is 2.17. The Kier molecular flexibility index (Phi) is 3.93. The van der Waals surface area contributed by atoms with Gasteiger partial charge in [0.25, 0.3) is 5.91 Å². The summed E-state index contributed by atoms with van der Waals surface area (Å²) in [7, 11) is 3.07. The van der Waals surface area contributed by atoms with Crippen molar-refractivity contribution in [1.29, 1.82) is 0 Å². The Morgan fingerprint density at radius 1 is 1.44 bits per heavy atom. The number of morpholine rings is 1. The summed E-state index contributed by atoms with van der Waals surface area (Å²) >= 11 is 0. The molecule has 1 aromatic rings. The van der Waals surface area contributed by atoms with Crippen molar-refractivity contribution in [1.82, 2.24) is 15.3 Å². The van der Waals surface area contributed by atoms with Crippen molar-refractivity contribution in [2.24, 2.45) is 0 Å². The minimum atomic E-state index is -0.259. The number of carbonyl (C=O) groups is 1. The normalized spacial score (nSPS) is 15.3. The van der Waals surface area contributed by atoms with Crippen LogP contribution < -0.4 is 15.0 Å². The van der Waals surface area contributed by atoms with Gasteiger partial charge in [0, 0.05) is 26.2 Å². The van der Waals surface area contributed by atoms with Crippen LogP contribution in [0.3, 0.4) is 0 Å². The van der Waals surface area contributed by atoms with Gasteiger partial charge in [0.1, 0.15) is 5.69 Å². The molecule has 7 nitrogen and oxygen atoms in total. The Hall–Kier alpha value is -1.89. The maximum absolute atomic E-state index is 11.6. The molecule has 18 heavy (non-hydrogen) atoms. The van der Waals surface area contributed by atoms with E-state index in [0.29, 0.717) is 43.8 Å². The largest absolute Gasteiger partial charge is 0.481 e. The van der Waals surface area contributed by atoms with Crippen LogP contribution in [0.4, 0.5) is 5.95 Å². The number of rotatable bonds is 3. The zero-order valence-electron chi connectivity index (χ0n) is 10.5. The third-order valence-electron chi connectivity index (χ3n) is 2.65. The average Bonchev–Trinajstić information content (AvgIpc) is 2.46. The first-order valence-corrected chi connectivity index (χ1v) is 5.72. The van der Waals surface area contributed by atoms with E-state index < -0.39 is 0 Å². The fraction of sp³-hybridized carbons (Fsp3) is 0.545. The molecular weight excluding hydrogens is 236 g/mol. The third kappa shape index (κ3) is 2.67. The van der Waals surface area contributed by atoms with Crippen LogP contribution in [0.25, 0.3) is 0 Å². The van der Waals surface area contributed by atoms with Crippen molar-refractivity contribution in [3.63, 3.8) is 0 Å². The minimum absolute atomic E-state index is 0.259. The highest BCUT2D eigenvalue weighted by atomic mass is 16.5. The van der Waals surface area contributed by atoms with E-state index in [0.717, 1.165) is 0 Å². The third-order valence-corrected chi connectivity index (χ3v) is 2.65. The molecule has 98 valence electrons. The van der Waals surface area contributed by atoms with Crippen molar-refractivity contribution in [3.8, 4) is 5.88 Å². The van der Waals surface area contributed by atoms with E-state index in [1.165, 1.54) is 13.2 Å². The molecule has 0 bridgehead atoms. The molecule has 1 amide bonds. The highest BCUT2D eigenvalue weighted by Crippen LogP contribution is 2.16. The van der Waals surface area contributed by atoms with Crippen LogP contribution >= 0.6 is 0 Å². The molecule has 1 aliphatic rings. The van der Waals surface area contributed by atoms with Gasteiger partial charge in [0.05, 0.1) is 20.3 Å². The Labute approximate surface area is 105 Å². The second-order valence-corrected chi connectivity index (χ2v) is 3.77. The first kappa shape index (κ1) is 12.6. The van der Waals surface area contributed by atoms with Gasteiger partial charge in [-0.1, -0.05) is 0 Å². The van der Waals surface area contributed by atoms with Gasteiger partial charge in [0.2, 0.25) is 11.8 Å². The van der Waals surface area contributed by atoms with Crippen LogP contribution in [0.15, 0.2) is 6.07 Å². The summed E-state index contributed by atoms with van der Waals surface area (Å²) < 4.78 is 10.4. The summed E-state index contributed by atoms with van der Waals surface area (Å²) in [5, 5.41) is 2.53.